The van der Waals surface area contributed by atoms with Crippen LogP contribution in [-0.2, 0) is 17.8 Å². The maximum Gasteiger partial charge on any atom is 0.260 e. The highest BCUT2D eigenvalue weighted by Gasteiger charge is 2.21. The molecule has 0 aliphatic heterocycles. The molecule has 0 atom stereocenters. The van der Waals surface area contributed by atoms with Crippen LogP contribution >= 0.6 is 0 Å². The van der Waals surface area contributed by atoms with E-state index in [-0.39, 0.29) is 24.6 Å². The number of pyridine rings is 1. The molecular formula is C25H35N5O3. The van der Waals surface area contributed by atoms with Crippen LogP contribution in [-0.4, -0.2) is 57.2 Å². The second-order valence-corrected chi connectivity index (χ2v) is 8.46. The number of carbonyl (C=O) groups excluding carboxylic acids is 1. The molecule has 0 unspecified atom stereocenters. The van der Waals surface area contributed by atoms with Crippen LogP contribution in [0.2, 0.25) is 0 Å². The van der Waals surface area contributed by atoms with Gasteiger partial charge < -0.3 is 19.7 Å². The second kappa shape index (κ2) is 11.7. The highest BCUT2D eigenvalue weighted by atomic mass is 16.5. The Hall–Kier alpha value is -3.13. The fraction of sp³-hybridized carbons (Fsp3) is 0.480. The van der Waals surface area contributed by atoms with Gasteiger partial charge in [0.1, 0.15) is 5.82 Å². The predicted octanol–water partition coefficient (Wildman–Crippen LogP) is 3.48. The van der Waals surface area contributed by atoms with E-state index in [1.165, 1.54) is 0 Å². The molecule has 33 heavy (non-hydrogen) atoms. The number of benzene rings is 1. The minimum atomic E-state index is -0.0332. The van der Waals surface area contributed by atoms with Gasteiger partial charge in [0.15, 0.2) is 23.8 Å². The Labute approximate surface area is 195 Å². The molecule has 1 N–H and O–H groups in total. The Bertz CT molecular complexity index is 1040. The fourth-order valence-electron chi connectivity index (χ4n) is 3.93. The van der Waals surface area contributed by atoms with Gasteiger partial charge in [0.2, 0.25) is 0 Å². The van der Waals surface area contributed by atoms with E-state index < -0.39 is 0 Å². The van der Waals surface area contributed by atoms with E-state index in [4.69, 9.17) is 9.47 Å². The maximum absolute atomic E-state index is 12.6. The second-order valence-electron chi connectivity index (χ2n) is 8.46. The van der Waals surface area contributed by atoms with Crippen molar-refractivity contribution in [3.63, 3.8) is 0 Å². The molecule has 0 aliphatic rings. The molecule has 0 spiro atoms. The van der Waals surface area contributed by atoms with E-state index in [1.54, 1.807) is 0 Å². The molecular weight excluding hydrogens is 418 g/mol. The lowest BCUT2D eigenvalue weighted by Crippen LogP contribution is -2.44. The van der Waals surface area contributed by atoms with E-state index in [1.807, 2.05) is 86.5 Å². The summed E-state index contributed by atoms with van der Waals surface area (Å²) < 4.78 is 13.6. The van der Waals surface area contributed by atoms with Crippen LogP contribution in [0, 0.1) is 0 Å². The van der Waals surface area contributed by atoms with Gasteiger partial charge in [0, 0.05) is 37.8 Å². The summed E-state index contributed by atoms with van der Waals surface area (Å²) in [6.45, 7) is 11.9. The number of aromatic nitrogens is 3. The molecule has 3 aromatic rings. The third kappa shape index (κ3) is 6.44. The normalized spacial score (nSPS) is 11.4. The lowest BCUT2D eigenvalue weighted by atomic mass is 10.2. The number of amides is 1. The van der Waals surface area contributed by atoms with E-state index in [2.05, 4.69) is 15.5 Å². The molecule has 0 bridgehead atoms. The van der Waals surface area contributed by atoms with Gasteiger partial charge in [-0.15, -0.1) is 10.2 Å². The first-order chi connectivity index (χ1) is 15.9. The Morgan fingerprint density at radius 1 is 1.06 bits per heavy atom. The van der Waals surface area contributed by atoms with Crippen LogP contribution in [0.3, 0.4) is 0 Å². The number of carbonyl (C=O) groups is 1. The van der Waals surface area contributed by atoms with Crippen molar-refractivity contribution in [3.05, 3.63) is 54.0 Å². The molecule has 8 heteroatoms. The van der Waals surface area contributed by atoms with Crippen LogP contribution in [0.25, 0.3) is 5.65 Å². The number of hydrogen-bond donors (Lipinski definition) is 1. The zero-order valence-electron chi connectivity index (χ0n) is 20.2. The zero-order valence-corrected chi connectivity index (χ0v) is 20.2. The van der Waals surface area contributed by atoms with Gasteiger partial charge in [-0.2, -0.15) is 0 Å². The summed E-state index contributed by atoms with van der Waals surface area (Å²) in [6, 6.07) is 11.9. The first kappa shape index (κ1) is 24.5. The third-order valence-corrected chi connectivity index (χ3v) is 5.30. The third-order valence-electron chi connectivity index (χ3n) is 5.30. The molecule has 8 nitrogen and oxygen atoms in total. The monoisotopic (exact) mass is 453 g/mol. The van der Waals surface area contributed by atoms with Crippen molar-refractivity contribution in [2.24, 2.45) is 0 Å². The van der Waals surface area contributed by atoms with Gasteiger partial charge in [-0.05, 0) is 64.4 Å². The van der Waals surface area contributed by atoms with E-state index >= 15 is 0 Å². The smallest absolute Gasteiger partial charge is 0.260 e. The average molecular weight is 454 g/mol. The summed E-state index contributed by atoms with van der Waals surface area (Å²) in [7, 11) is 0. The minimum absolute atomic E-state index is 0.0136. The van der Waals surface area contributed by atoms with Crippen LogP contribution in [0.1, 0.15) is 46.0 Å². The summed E-state index contributed by atoms with van der Waals surface area (Å²) in [4.78, 5) is 14.5. The molecule has 2 aromatic heterocycles. The maximum atomic E-state index is 12.6. The van der Waals surface area contributed by atoms with Crippen molar-refractivity contribution in [3.8, 4) is 11.5 Å². The molecule has 178 valence electrons. The quantitative estimate of drug-likeness (QED) is 0.423. The highest BCUT2D eigenvalue weighted by Crippen LogP contribution is 2.28. The minimum Gasteiger partial charge on any atom is -0.490 e. The van der Waals surface area contributed by atoms with Crippen molar-refractivity contribution in [2.75, 3.05) is 19.8 Å². The topological polar surface area (TPSA) is 81.0 Å². The molecule has 1 aromatic carbocycles. The first-order valence-electron chi connectivity index (χ1n) is 11.6. The van der Waals surface area contributed by atoms with Crippen molar-refractivity contribution in [2.45, 2.75) is 59.7 Å². The van der Waals surface area contributed by atoms with E-state index in [9.17, 15) is 4.79 Å². The molecule has 0 saturated heterocycles. The van der Waals surface area contributed by atoms with Gasteiger partial charge in [0.05, 0.1) is 6.61 Å². The van der Waals surface area contributed by atoms with Crippen molar-refractivity contribution in [1.82, 2.24) is 24.8 Å². The van der Waals surface area contributed by atoms with Gasteiger partial charge >= 0.3 is 0 Å². The summed E-state index contributed by atoms with van der Waals surface area (Å²) in [5.74, 6) is 2.12. The molecule has 0 radical (unpaired) electrons. The van der Waals surface area contributed by atoms with Gasteiger partial charge in [-0.3, -0.25) is 9.20 Å². The van der Waals surface area contributed by atoms with Gasteiger partial charge in [-0.1, -0.05) is 12.1 Å². The Balaban J connectivity index is 1.55. The standard InChI is InChI=1S/C25H35N5O3/c1-6-32-22-15-20(10-11-21(22)33-17-25(31)30(18(2)3)19(4)5)16-26-13-12-24-28-27-23-9-7-8-14-29(23)24/h7-11,14-15,18-19,26H,6,12-13,16-17H2,1-5H3. The summed E-state index contributed by atoms with van der Waals surface area (Å²) in [5.41, 5.74) is 1.93. The number of ether oxygens (including phenoxy) is 2. The lowest BCUT2D eigenvalue weighted by molar-refractivity contribution is -0.137. The molecule has 1 amide bonds. The van der Waals surface area contributed by atoms with Gasteiger partial charge in [-0.25, -0.2) is 0 Å². The molecule has 3 rings (SSSR count). The molecule has 0 saturated carbocycles. The summed E-state index contributed by atoms with van der Waals surface area (Å²) in [6.07, 6.45) is 2.75. The Morgan fingerprint density at radius 2 is 1.85 bits per heavy atom. The van der Waals surface area contributed by atoms with Crippen molar-refractivity contribution in [1.29, 1.82) is 0 Å². The molecule has 0 fully saturated rings. The van der Waals surface area contributed by atoms with Crippen LogP contribution < -0.4 is 14.8 Å². The first-order valence-corrected chi connectivity index (χ1v) is 11.6. The van der Waals surface area contributed by atoms with E-state index in [0.717, 1.165) is 30.0 Å². The lowest BCUT2D eigenvalue weighted by Gasteiger charge is -2.30. The number of fused-ring (bicyclic) bond motifs is 1. The predicted molar refractivity (Wildman–Crippen MR) is 129 cm³/mol. The fourth-order valence-corrected chi connectivity index (χ4v) is 3.93. The van der Waals surface area contributed by atoms with E-state index in [0.29, 0.717) is 24.7 Å². The Kier molecular flexibility index (Phi) is 8.65. The number of nitrogens with one attached hydrogen (secondary N) is 1. The van der Waals surface area contributed by atoms with Crippen molar-refractivity contribution >= 4 is 11.6 Å². The van der Waals surface area contributed by atoms with Gasteiger partial charge in [0.25, 0.3) is 5.91 Å². The summed E-state index contributed by atoms with van der Waals surface area (Å²) in [5, 5.41) is 11.9. The SMILES string of the molecule is CCOc1cc(CNCCc2nnc3ccccn23)ccc1OCC(=O)N(C(C)C)C(C)C. The average Bonchev–Trinajstić information content (AvgIpc) is 3.19. The van der Waals surface area contributed by atoms with Crippen LogP contribution in [0.4, 0.5) is 0 Å². The number of hydrogen-bond acceptors (Lipinski definition) is 6. The van der Waals surface area contributed by atoms with Crippen LogP contribution in [0.5, 0.6) is 11.5 Å². The highest BCUT2D eigenvalue weighted by molar-refractivity contribution is 5.78. The molecule has 0 aliphatic carbocycles. The number of rotatable bonds is 12. The molecule has 2 heterocycles. The van der Waals surface area contributed by atoms with Crippen molar-refractivity contribution < 1.29 is 14.3 Å². The van der Waals surface area contributed by atoms with Crippen LogP contribution in [0.15, 0.2) is 42.6 Å². The zero-order chi connectivity index (χ0) is 23.8. The Morgan fingerprint density at radius 3 is 2.58 bits per heavy atom. The summed E-state index contributed by atoms with van der Waals surface area (Å²) >= 11 is 0. The largest absolute Gasteiger partial charge is 0.490 e. The number of nitrogens with zero attached hydrogens (tertiary/aromatic N) is 4.